The van der Waals surface area contributed by atoms with Crippen molar-refractivity contribution < 1.29 is 14.3 Å². The number of hydrogen-bond acceptors (Lipinski definition) is 3. The Bertz CT molecular complexity index is 788. The monoisotopic (exact) mass is 392 g/mol. The number of amides is 2. The smallest absolute Gasteiger partial charge is 0.260 e. The maximum Gasteiger partial charge on any atom is 0.260 e. The van der Waals surface area contributed by atoms with Gasteiger partial charge in [-0.15, -0.1) is 0 Å². The molecule has 0 aliphatic carbocycles. The van der Waals surface area contributed by atoms with Gasteiger partial charge in [0.2, 0.25) is 0 Å². The second kappa shape index (κ2) is 8.43. The van der Waals surface area contributed by atoms with Crippen LogP contribution in [-0.4, -0.2) is 54.4 Å². The highest BCUT2D eigenvalue weighted by atomic mass is 35.5. The number of rotatable bonds is 4. The molecular weight excluding hydrogens is 375 g/mol. The van der Waals surface area contributed by atoms with Gasteiger partial charge in [-0.2, -0.15) is 0 Å². The average molecular weight is 393 g/mol. The van der Waals surface area contributed by atoms with Crippen LogP contribution < -0.4 is 4.74 Å². The minimum atomic E-state index is -0.108. The summed E-state index contributed by atoms with van der Waals surface area (Å²) >= 11 is 11.7. The van der Waals surface area contributed by atoms with Crippen molar-refractivity contribution in [1.29, 1.82) is 0 Å². The summed E-state index contributed by atoms with van der Waals surface area (Å²) in [6, 6.07) is 13.7. The summed E-state index contributed by atoms with van der Waals surface area (Å²) in [5.41, 5.74) is 0.596. The molecule has 1 saturated heterocycles. The SMILES string of the molecule is O=C(COc1cccc(Cl)c1)N1CCN(C(=O)c2ccc(Cl)cc2)CC1. The zero-order valence-electron chi connectivity index (χ0n) is 14.0. The lowest BCUT2D eigenvalue weighted by Gasteiger charge is -2.34. The van der Waals surface area contributed by atoms with E-state index in [4.69, 9.17) is 27.9 Å². The van der Waals surface area contributed by atoms with E-state index in [1.165, 1.54) is 0 Å². The van der Waals surface area contributed by atoms with E-state index in [1.807, 2.05) is 0 Å². The van der Waals surface area contributed by atoms with Crippen LogP contribution in [0, 0.1) is 0 Å². The van der Waals surface area contributed by atoms with Gasteiger partial charge >= 0.3 is 0 Å². The Morgan fingerprint density at radius 3 is 2.19 bits per heavy atom. The van der Waals surface area contributed by atoms with E-state index in [0.717, 1.165) is 0 Å². The van der Waals surface area contributed by atoms with Crippen LogP contribution in [0.3, 0.4) is 0 Å². The second-order valence-corrected chi connectivity index (χ2v) is 6.80. The third kappa shape index (κ3) is 4.68. The third-order valence-electron chi connectivity index (χ3n) is 4.17. The summed E-state index contributed by atoms with van der Waals surface area (Å²) < 4.78 is 5.49. The molecule has 2 aromatic carbocycles. The number of piperazine rings is 1. The van der Waals surface area contributed by atoms with Gasteiger partial charge in [0.05, 0.1) is 0 Å². The van der Waals surface area contributed by atoms with Crippen LogP contribution in [0.25, 0.3) is 0 Å². The van der Waals surface area contributed by atoms with Gasteiger partial charge in [-0.25, -0.2) is 0 Å². The number of hydrogen-bond donors (Lipinski definition) is 0. The molecule has 1 aliphatic heterocycles. The highest BCUT2D eigenvalue weighted by molar-refractivity contribution is 6.31. The highest BCUT2D eigenvalue weighted by Gasteiger charge is 2.25. The minimum absolute atomic E-state index is 0.0501. The Labute approximate surface area is 162 Å². The lowest BCUT2D eigenvalue weighted by Crippen LogP contribution is -2.51. The summed E-state index contributed by atoms with van der Waals surface area (Å²) in [5.74, 6) is 0.398. The van der Waals surface area contributed by atoms with Crippen molar-refractivity contribution in [2.45, 2.75) is 0 Å². The minimum Gasteiger partial charge on any atom is -0.484 e. The Morgan fingerprint density at radius 2 is 1.54 bits per heavy atom. The standard InChI is InChI=1S/C19H18Cl2N2O3/c20-15-6-4-14(5-7-15)19(25)23-10-8-22(9-11-23)18(24)13-26-17-3-1-2-16(21)12-17/h1-7,12H,8-11,13H2. The van der Waals surface area contributed by atoms with Crippen molar-refractivity contribution in [1.82, 2.24) is 9.80 Å². The predicted octanol–water partition coefficient (Wildman–Crippen LogP) is 3.36. The Balaban J connectivity index is 1.49. The van der Waals surface area contributed by atoms with E-state index in [1.54, 1.807) is 58.3 Å². The van der Waals surface area contributed by atoms with E-state index in [2.05, 4.69) is 0 Å². The number of halogens is 2. The van der Waals surface area contributed by atoms with E-state index in [0.29, 0.717) is 47.5 Å². The zero-order chi connectivity index (χ0) is 18.5. The molecule has 0 unspecified atom stereocenters. The average Bonchev–Trinajstić information content (AvgIpc) is 2.66. The van der Waals surface area contributed by atoms with Gasteiger partial charge in [-0.1, -0.05) is 29.3 Å². The summed E-state index contributed by atoms with van der Waals surface area (Å²) in [6.07, 6.45) is 0. The molecule has 0 aromatic heterocycles. The molecule has 7 heteroatoms. The fourth-order valence-electron chi connectivity index (χ4n) is 2.73. The quantitative estimate of drug-likeness (QED) is 0.801. The molecule has 26 heavy (non-hydrogen) atoms. The van der Waals surface area contributed by atoms with Crippen molar-refractivity contribution in [3.8, 4) is 5.75 Å². The molecule has 1 aliphatic rings. The fourth-order valence-corrected chi connectivity index (χ4v) is 3.03. The van der Waals surface area contributed by atoms with Gasteiger partial charge < -0.3 is 14.5 Å². The number of carbonyl (C=O) groups excluding carboxylic acids is 2. The number of nitrogens with zero attached hydrogens (tertiary/aromatic N) is 2. The maximum atomic E-state index is 12.5. The van der Waals surface area contributed by atoms with Crippen LogP contribution in [0.2, 0.25) is 10.0 Å². The van der Waals surface area contributed by atoms with Crippen LogP contribution in [0.5, 0.6) is 5.75 Å². The topological polar surface area (TPSA) is 49.9 Å². The summed E-state index contributed by atoms with van der Waals surface area (Å²) in [5, 5.41) is 1.15. The van der Waals surface area contributed by atoms with Gasteiger partial charge in [0.25, 0.3) is 11.8 Å². The predicted molar refractivity (Wildman–Crippen MR) is 101 cm³/mol. The van der Waals surface area contributed by atoms with Gasteiger partial charge in [-0.05, 0) is 42.5 Å². The van der Waals surface area contributed by atoms with E-state index >= 15 is 0 Å². The normalized spacial score (nSPS) is 14.2. The first-order valence-corrected chi connectivity index (χ1v) is 8.99. The molecule has 0 saturated carbocycles. The van der Waals surface area contributed by atoms with Crippen molar-refractivity contribution in [2.24, 2.45) is 0 Å². The van der Waals surface area contributed by atoms with Gasteiger partial charge in [0, 0.05) is 41.8 Å². The number of ether oxygens (including phenoxy) is 1. The zero-order valence-corrected chi connectivity index (χ0v) is 15.5. The summed E-state index contributed by atoms with van der Waals surface area (Å²) in [7, 11) is 0. The molecule has 0 bridgehead atoms. The van der Waals surface area contributed by atoms with Crippen LogP contribution in [0.1, 0.15) is 10.4 Å². The molecule has 2 aromatic rings. The molecule has 3 rings (SSSR count). The first-order valence-electron chi connectivity index (χ1n) is 8.24. The van der Waals surface area contributed by atoms with Crippen molar-refractivity contribution in [2.75, 3.05) is 32.8 Å². The number of benzene rings is 2. The molecule has 0 radical (unpaired) electrons. The van der Waals surface area contributed by atoms with Crippen LogP contribution >= 0.6 is 23.2 Å². The molecule has 0 atom stereocenters. The van der Waals surface area contributed by atoms with Crippen LogP contribution in [-0.2, 0) is 4.79 Å². The summed E-state index contributed by atoms with van der Waals surface area (Å²) in [4.78, 5) is 28.2. The van der Waals surface area contributed by atoms with E-state index in [-0.39, 0.29) is 18.4 Å². The maximum absolute atomic E-state index is 12.5. The third-order valence-corrected chi connectivity index (χ3v) is 4.66. The highest BCUT2D eigenvalue weighted by Crippen LogP contribution is 2.17. The van der Waals surface area contributed by atoms with Gasteiger partial charge in [0.1, 0.15) is 5.75 Å². The van der Waals surface area contributed by atoms with Crippen LogP contribution in [0.4, 0.5) is 0 Å². The molecular formula is C19H18Cl2N2O3. The second-order valence-electron chi connectivity index (χ2n) is 5.93. The largest absolute Gasteiger partial charge is 0.484 e. The van der Waals surface area contributed by atoms with E-state index in [9.17, 15) is 9.59 Å². The van der Waals surface area contributed by atoms with Crippen molar-refractivity contribution in [3.05, 3.63) is 64.1 Å². The van der Waals surface area contributed by atoms with Crippen LogP contribution in [0.15, 0.2) is 48.5 Å². The van der Waals surface area contributed by atoms with E-state index < -0.39 is 0 Å². The van der Waals surface area contributed by atoms with Gasteiger partial charge in [-0.3, -0.25) is 9.59 Å². The number of carbonyl (C=O) groups is 2. The Morgan fingerprint density at radius 1 is 0.885 bits per heavy atom. The molecule has 1 heterocycles. The molecule has 0 N–H and O–H groups in total. The molecule has 136 valence electrons. The van der Waals surface area contributed by atoms with Crippen molar-refractivity contribution >= 4 is 35.0 Å². The summed E-state index contributed by atoms with van der Waals surface area (Å²) in [6.45, 7) is 1.90. The molecule has 2 amide bonds. The fraction of sp³-hybridized carbons (Fsp3) is 0.263. The van der Waals surface area contributed by atoms with Crippen molar-refractivity contribution in [3.63, 3.8) is 0 Å². The molecule has 5 nitrogen and oxygen atoms in total. The first kappa shape index (κ1) is 18.5. The first-order chi connectivity index (χ1) is 12.5. The molecule has 0 spiro atoms. The Kier molecular flexibility index (Phi) is 6.01. The molecule has 1 fully saturated rings. The van der Waals surface area contributed by atoms with Gasteiger partial charge in [0.15, 0.2) is 6.61 Å². The lowest BCUT2D eigenvalue weighted by atomic mass is 10.2. The lowest BCUT2D eigenvalue weighted by molar-refractivity contribution is -0.134. The Hall–Kier alpha value is -2.24.